The second-order valence-electron chi connectivity index (χ2n) is 5.51. The molecule has 0 aliphatic heterocycles. The smallest absolute Gasteiger partial charge is 0.335 e. The molecule has 0 heterocycles. The quantitative estimate of drug-likeness (QED) is 0.305. The van der Waals surface area contributed by atoms with Crippen LogP contribution in [-0.4, -0.2) is 11.9 Å². The molecule has 0 atom stereocenters. The molecule has 0 amide bonds. The fourth-order valence-corrected chi connectivity index (χ4v) is 2.10. The summed E-state index contributed by atoms with van der Waals surface area (Å²) in [6.45, 7) is 10.1. The number of benzene rings is 2. The van der Waals surface area contributed by atoms with Crippen LogP contribution in [0.15, 0.2) is 85.4 Å². The van der Waals surface area contributed by atoms with Crippen molar-refractivity contribution in [1.82, 2.24) is 0 Å². The van der Waals surface area contributed by atoms with E-state index in [4.69, 9.17) is 14.2 Å². The summed E-state index contributed by atoms with van der Waals surface area (Å²) in [6.07, 6.45) is 2.21. The summed E-state index contributed by atoms with van der Waals surface area (Å²) in [6, 6.07) is 14.6. The standard InChI is InChI=1S/C22H20O5/c1-5-21(23)26-16(4)15(3)25-19-11-7-17(8-12-19)18-9-13-20(14-10-18)27-22(24)6-2/h5-14H,1-2H2,3-4H3/b16-15+. The van der Waals surface area contributed by atoms with Crippen molar-refractivity contribution in [2.45, 2.75) is 13.8 Å². The fourth-order valence-electron chi connectivity index (χ4n) is 2.10. The molecule has 0 unspecified atom stereocenters. The highest BCUT2D eigenvalue weighted by Crippen LogP contribution is 2.25. The van der Waals surface area contributed by atoms with E-state index in [0.29, 0.717) is 23.0 Å². The lowest BCUT2D eigenvalue weighted by Gasteiger charge is -2.10. The summed E-state index contributed by atoms with van der Waals surface area (Å²) in [5.74, 6) is 0.880. The van der Waals surface area contributed by atoms with Crippen molar-refractivity contribution in [3.05, 3.63) is 85.4 Å². The average Bonchev–Trinajstić information content (AvgIpc) is 2.68. The molecule has 0 spiro atoms. The molecule has 5 heteroatoms. The third-order valence-corrected chi connectivity index (χ3v) is 3.61. The summed E-state index contributed by atoms with van der Waals surface area (Å²) in [7, 11) is 0. The molecule has 0 saturated heterocycles. The van der Waals surface area contributed by atoms with E-state index in [1.54, 1.807) is 26.0 Å². The minimum absolute atomic E-state index is 0.369. The van der Waals surface area contributed by atoms with Gasteiger partial charge in [-0.15, -0.1) is 0 Å². The molecule has 0 saturated carbocycles. The normalized spacial score (nSPS) is 11.0. The van der Waals surface area contributed by atoms with E-state index in [1.165, 1.54) is 0 Å². The third-order valence-electron chi connectivity index (χ3n) is 3.61. The molecule has 0 aromatic heterocycles. The Bertz CT molecular complexity index is 874. The number of allylic oxidation sites excluding steroid dienone is 2. The SMILES string of the molecule is C=CC(=O)O/C(C)=C(\C)Oc1ccc(-c2ccc(OC(=O)C=C)cc2)cc1. The Labute approximate surface area is 158 Å². The van der Waals surface area contributed by atoms with Crippen LogP contribution in [0.2, 0.25) is 0 Å². The summed E-state index contributed by atoms with van der Waals surface area (Å²) < 4.78 is 15.8. The third kappa shape index (κ3) is 5.71. The lowest BCUT2D eigenvalue weighted by Crippen LogP contribution is -2.03. The van der Waals surface area contributed by atoms with E-state index >= 15 is 0 Å². The van der Waals surface area contributed by atoms with Gasteiger partial charge in [-0.25, -0.2) is 9.59 Å². The van der Waals surface area contributed by atoms with Crippen LogP contribution in [0.25, 0.3) is 11.1 Å². The van der Waals surface area contributed by atoms with Crippen LogP contribution in [0.5, 0.6) is 11.5 Å². The van der Waals surface area contributed by atoms with Gasteiger partial charge in [0.2, 0.25) is 0 Å². The molecule has 0 fully saturated rings. The lowest BCUT2D eigenvalue weighted by molar-refractivity contribution is -0.134. The van der Waals surface area contributed by atoms with Crippen molar-refractivity contribution in [2.24, 2.45) is 0 Å². The minimum atomic E-state index is -0.534. The largest absolute Gasteiger partial charge is 0.459 e. The first kappa shape index (κ1) is 19.7. The van der Waals surface area contributed by atoms with Crippen molar-refractivity contribution < 1.29 is 23.8 Å². The summed E-state index contributed by atoms with van der Waals surface area (Å²) in [5, 5.41) is 0. The first-order valence-electron chi connectivity index (χ1n) is 8.17. The van der Waals surface area contributed by atoms with Crippen molar-refractivity contribution in [3.8, 4) is 22.6 Å². The number of rotatable bonds is 7. The predicted molar refractivity (Wildman–Crippen MR) is 103 cm³/mol. The number of ether oxygens (including phenoxy) is 3. The molecular formula is C22H20O5. The zero-order valence-electron chi connectivity index (χ0n) is 15.2. The van der Waals surface area contributed by atoms with Gasteiger partial charge in [0.15, 0.2) is 0 Å². The Morgan fingerprint density at radius 1 is 0.704 bits per heavy atom. The molecule has 2 rings (SSSR count). The van der Waals surface area contributed by atoms with E-state index in [-0.39, 0.29) is 0 Å². The van der Waals surface area contributed by atoms with Gasteiger partial charge in [-0.1, -0.05) is 37.4 Å². The number of carbonyl (C=O) groups excluding carboxylic acids is 2. The molecule has 5 nitrogen and oxygen atoms in total. The van der Waals surface area contributed by atoms with Gasteiger partial charge in [0.1, 0.15) is 23.0 Å². The highest BCUT2D eigenvalue weighted by Gasteiger charge is 2.06. The molecule has 0 aliphatic rings. The van der Waals surface area contributed by atoms with Gasteiger partial charge >= 0.3 is 11.9 Å². The van der Waals surface area contributed by atoms with Crippen LogP contribution in [0.4, 0.5) is 0 Å². The van der Waals surface area contributed by atoms with Gasteiger partial charge in [-0.2, -0.15) is 0 Å². The number of hydrogen-bond donors (Lipinski definition) is 0. The zero-order chi connectivity index (χ0) is 19.8. The molecule has 138 valence electrons. The van der Waals surface area contributed by atoms with Crippen molar-refractivity contribution in [1.29, 1.82) is 0 Å². The predicted octanol–water partition coefficient (Wildman–Crippen LogP) is 4.80. The van der Waals surface area contributed by atoms with Crippen LogP contribution in [0.1, 0.15) is 13.8 Å². The van der Waals surface area contributed by atoms with E-state index < -0.39 is 11.9 Å². The topological polar surface area (TPSA) is 61.8 Å². The van der Waals surface area contributed by atoms with Crippen molar-refractivity contribution in [2.75, 3.05) is 0 Å². The van der Waals surface area contributed by atoms with E-state index in [1.807, 2.05) is 36.4 Å². The molecule has 0 N–H and O–H groups in total. The van der Waals surface area contributed by atoms with Crippen molar-refractivity contribution in [3.63, 3.8) is 0 Å². The van der Waals surface area contributed by atoms with Gasteiger partial charge in [-0.3, -0.25) is 0 Å². The van der Waals surface area contributed by atoms with Gasteiger partial charge in [0.25, 0.3) is 0 Å². The molecule has 2 aromatic rings. The Kier molecular flexibility index (Phi) is 6.72. The van der Waals surface area contributed by atoms with Crippen LogP contribution < -0.4 is 9.47 Å². The Balaban J connectivity index is 2.07. The molecular weight excluding hydrogens is 344 g/mol. The summed E-state index contributed by atoms with van der Waals surface area (Å²) >= 11 is 0. The lowest BCUT2D eigenvalue weighted by atomic mass is 10.1. The molecule has 27 heavy (non-hydrogen) atoms. The van der Waals surface area contributed by atoms with Crippen LogP contribution >= 0.6 is 0 Å². The van der Waals surface area contributed by atoms with Gasteiger partial charge < -0.3 is 14.2 Å². The van der Waals surface area contributed by atoms with Gasteiger partial charge in [-0.05, 0) is 49.2 Å². The fraction of sp³-hybridized carbons (Fsp3) is 0.0909. The van der Waals surface area contributed by atoms with Crippen LogP contribution in [0.3, 0.4) is 0 Å². The average molecular weight is 364 g/mol. The minimum Gasteiger partial charge on any atom is -0.459 e. The molecule has 2 aromatic carbocycles. The van der Waals surface area contributed by atoms with Crippen molar-refractivity contribution >= 4 is 11.9 Å². The number of esters is 2. The maximum absolute atomic E-state index is 11.2. The van der Waals surface area contributed by atoms with E-state index in [0.717, 1.165) is 23.3 Å². The molecule has 0 aliphatic carbocycles. The zero-order valence-corrected chi connectivity index (χ0v) is 15.2. The van der Waals surface area contributed by atoms with E-state index in [2.05, 4.69) is 13.2 Å². The Hall–Kier alpha value is -3.60. The van der Waals surface area contributed by atoms with Gasteiger partial charge in [0, 0.05) is 12.2 Å². The second-order valence-corrected chi connectivity index (χ2v) is 5.51. The first-order chi connectivity index (χ1) is 12.9. The molecule has 0 bridgehead atoms. The van der Waals surface area contributed by atoms with Gasteiger partial charge in [0.05, 0.1) is 0 Å². The second kappa shape index (κ2) is 9.20. The summed E-state index contributed by atoms with van der Waals surface area (Å²) in [5.41, 5.74) is 1.93. The maximum Gasteiger partial charge on any atom is 0.335 e. The molecule has 0 radical (unpaired) electrons. The van der Waals surface area contributed by atoms with E-state index in [9.17, 15) is 9.59 Å². The first-order valence-corrected chi connectivity index (χ1v) is 8.17. The Morgan fingerprint density at radius 3 is 1.59 bits per heavy atom. The van der Waals surface area contributed by atoms with Crippen LogP contribution in [-0.2, 0) is 14.3 Å². The maximum atomic E-state index is 11.2. The monoisotopic (exact) mass is 364 g/mol. The number of hydrogen-bond acceptors (Lipinski definition) is 5. The summed E-state index contributed by atoms with van der Waals surface area (Å²) in [4.78, 5) is 22.4. The number of carbonyl (C=O) groups is 2. The highest BCUT2D eigenvalue weighted by atomic mass is 16.6. The highest BCUT2D eigenvalue weighted by molar-refractivity contribution is 5.83. The Morgan fingerprint density at radius 2 is 1.15 bits per heavy atom. The van der Waals surface area contributed by atoms with Crippen LogP contribution in [0, 0.1) is 0 Å².